The minimum absolute atomic E-state index is 0.123. The largest absolute Gasteiger partial charge is 0.348 e. The van der Waals surface area contributed by atoms with E-state index in [0.717, 1.165) is 25.2 Å². The van der Waals surface area contributed by atoms with Crippen molar-refractivity contribution in [3.63, 3.8) is 0 Å². The summed E-state index contributed by atoms with van der Waals surface area (Å²) in [5.41, 5.74) is 3.66. The molecule has 0 bridgehead atoms. The van der Waals surface area contributed by atoms with Gasteiger partial charge in [0.2, 0.25) is 0 Å². The highest BCUT2D eigenvalue weighted by molar-refractivity contribution is 7.12. The molecule has 1 fully saturated rings. The van der Waals surface area contributed by atoms with Gasteiger partial charge in [0.25, 0.3) is 11.8 Å². The Morgan fingerprint density at radius 3 is 2.30 bits per heavy atom. The summed E-state index contributed by atoms with van der Waals surface area (Å²) in [4.78, 5) is 27.8. The SMILES string of the molecule is O=C(NCc1ccccc1CN1CCCC1)c1ccc(NC(=O)c2cccs2)cc1. The fourth-order valence-electron chi connectivity index (χ4n) is 3.65. The van der Waals surface area contributed by atoms with Crippen LogP contribution in [-0.4, -0.2) is 29.8 Å². The molecule has 2 aromatic carbocycles. The number of benzene rings is 2. The number of amides is 2. The maximum Gasteiger partial charge on any atom is 0.265 e. The number of hydrogen-bond donors (Lipinski definition) is 2. The summed E-state index contributed by atoms with van der Waals surface area (Å²) in [7, 11) is 0. The fraction of sp³-hybridized carbons (Fsp3) is 0.250. The summed E-state index contributed by atoms with van der Waals surface area (Å²) in [5, 5.41) is 7.73. The molecule has 0 atom stereocenters. The van der Waals surface area contributed by atoms with E-state index in [9.17, 15) is 9.59 Å². The van der Waals surface area contributed by atoms with Gasteiger partial charge < -0.3 is 10.6 Å². The smallest absolute Gasteiger partial charge is 0.265 e. The first-order chi connectivity index (χ1) is 14.7. The molecule has 0 spiro atoms. The van der Waals surface area contributed by atoms with Crippen molar-refractivity contribution in [3.05, 3.63) is 87.6 Å². The summed E-state index contributed by atoms with van der Waals surface area (Å²) in [6, 6.07) is 18.9. The van der Waals surface area contributed by atoms with E-state index in [2.05, 4.69) is 33.7 Å². The number of likely N-dealkylation sites (tertiary alicyclic amines) is 1. The lowest BCUT2D eigenvalue weighted by Gasteiger charge is -2.17. The van der Waals surface area contributed by atoms with Crippen LogP contribution in [0.2, 0.25) is 0 Å². The molecule has 154 valence electrons. The van der Waals surface area contributed by atoms with Crippen LogP contribution in [0.5, 0.6) is 0 Å². The van der Waals surface area contributed by atoms with Crippen LogP contribution in [-0.2, 0) is 13.1 Å². The van der Waals surface area contributed by atoms with Gasteiger partial charge in [0, 0.05) is 24.3 Å². The van der Waals surface area contributed by atoms with E-state index in [1.165, 1.54) is 29.7 Å². The standard InChI is InChI=1S/C24H25N3O2S/c28-23(18-9-11-21(12-10-18)26-24(29)22-8-5-15-30-22)25-16-19-6-1-2-7-20(19)17-27-13-3-4-14-27/h1-2,5-12,15H,3-4,13-14,16-17H2,(H,25,28)(H,26,29). The average Bonchev–Trinajstić information content (AvgIpc) is 3.48. The third-order valence-corrected chi connectivity index (χ3v) is 6.17. The van der Waals surface area contributed by atoms with Crippen LogP contribution in [0.3, 0.4) is 0 Å². The van der Waals surface area contributed by atoms with Crippen molar-refractivity contribution < 1.29 is 9.59 Å². The number of thiophene rings is 1. The Bertz CT molecular complexity index is 994. The number of nitrogens with one attached hydrogen (secondary N) is 2. The molecule has 3 aromatic rings. The summed E-state index contributed by atoms with van der Waals surface area (Å²) in [5.74, 6) is -0.265. The molecule has 4 rings (SSSR count). The molecule has 0 unspecified atom stereocenters. The second-order valence-corrected chi connectivity index (χ2v) is 8.39. The molecule has 1 saturated heterocycles. The summed E-state index contributed by atoms with van der Waals surface area (Å²) >= 11 is 1.39. The zero-order valence-electron chi connectivity index (χ0n) is 16.8. The number of anilines is 1. The predicted octanol–water partition coefficient (Wildman–Crippen LogP) is 4.53. The summed E-state index contributed by atoms with van der Waals surface area (Å²) in [6.45, 7) is 3.73. The first-order valence-corrected chi connectivity index (χ1v) is 11.1. The topological polar surface area (TPSA) is 61.4 Å². The molecule has 0 radical (unpaired) electrons. The molecule has 2 N–H and O–H groups in total. The first-order valence-electron chi connectivity index (χ1n) is 10.2. The third kappa shape index (κ3) is 5.14. The summed E-state index contributed by atoms with van der Waals surface area (Å²) < 4.78 is 0. The quantitative estimate of drug-likeness (QED) is 0.592. The number of hydrogen-bond acceptors (Lipinski definition) is 4. The van der Waals surface area contributed by atoms with Crippen molar-refractivity contribution in [1.82, 2.24) is 10.2 Å². The highest BCUT2D eigenvalue weighted by Crippen LogP contribution is 2.17. The Balaban J connectivity index is 1.34. The van der Waals surface area contributed by atoms with E-state index < -0.39 is 0 Å². The molecule has 30 heavy (non-hydrogen) atoms. The minimum atomic E-state index is -0.142. The first kappa shape index (κ1) is 20.3. The second-order valence-electron chi connectivity index (χ2n) is 7.44. The molecule has 2 amide bonds. The number of rotatable bonds is 7. The molecule has 0 aliphatic carbocycles. The van der Waals surface area contributed by atoms with Crippen molar-refractivity contribution in [2.24, 2.45) is 0 Å². The zero-order chi connectivity index (χ0) is 20.8. The summed E-state index contributed by atoms with van der Waals surface area (Å²) in [6.07, 6.45) is 2.53. The van der Waals surface area contributed by atoms with Crippen molar-refractivity contribution in [1.29, 1.82) is 0 Å². The molecular formula is C24H25N3O2S. The predicted molar refractivity (Wildman–Crippen MR) is 121 cm³/mol. The highest BCUT2D eigenvalue weighted by atomic mass is 32.1. The van der Waals surface area contributed by atoms with E-state index in [4.69, 9.17) is 0 Å². The maximum atomic E-state index is 12.6. The van der Waals surface area contributed by atoms with E-state index in [1.807, 2.05) is 17.5 Å². The molecule has 5 nitrogen and oxygen atoms in total. The second kappa shape index (κ2) is 9.69. The molecule has 0 saturated carbocycles. The Labute approximate surface area is 180 Å². The Kier molecular flexibility index (Phi) is 6.57. The molecular weight excluding hydrogens is 394 g/mol. The van der Waals surface area contributed by atoms with Gasteiger partial charge in [0.1, 0.15) is 0 Å². The lowest BCUT2D eigenvalue weighted by molar-refractivity contribution is 0.0950. The highest BCUT2D eigenvalue weighted by Gasteiger charge is 2.14. The fourth-order valence-corrected chi connectivity index (χ4v) is 4.27. The van der Waals surface area contributed by atoms with Crippen LogP contribution in [0.15, 0.2) is 66.0 Å². The monoisotopic (exact) mass is 419 g/mol. The molecule has 2 heterocycles. The van der Waals surface area contributed by atoms with Crippen LogP contribution in [0.4, 0.5) is 5.69 Å². The Morgan fingerprint density at radius 1 is 0.867 bits per heavy atom. The Morgan fingerprint density at radius 2 is 1.60 bits per heavy atom. The van der Waals surface area contributed by atoms with E-state index in [-0.39, 0.29) is 11.8 Å². The van der Waals surface area contributed by atoms with Gasteiger partial charge >= 0.3 is 0 Å². The van der Waals surface area contributed by atoms with Crippen LogP contribution in [0.1, 0.15) is 44.0 Å². The van der Waals surface area contributed by atoms with Crippen LogP contribution in [0.25, 0.3) is 0 Å². The van der Waals surface area contributed by atoms with E-state index in [0.29, 0.717) is 22.7 Å². The van der Waals surface area contributed by atoms with Gasteiger partial charge in [0.15, 0.2) is 0 Å². The maximum absolute atomic E-state index is 12.6. The van der Waals surface area contributed by atoms with Crippen molar-refractivity contribution in [2.75, 3.05) is 18.4 Å². The number of nitrogens with zero attached hydrogens (tertiary/aromatic N) is 1. The van der Waals surface area contributed by atoms with Gasteiger partial charge in [-0.25, -0.2) is 0 Å². The number of carbonyl (C=O) groups is 2. The van der Waals surface area contributed by atoms with Crippen LogP contribution < -0.4 is 10.6 Å². The van der Waals surface area contributed by atoms with Crippen molar-refractivity contribution >= 4 is 28.8 Å². The lowest BCUT2D eigenvalue weighted by atomic mass is 10.1. The third-order valence-electron chi connectivity index (χ3n) is 5.30. The van der Waals surface area contributed by atoms with E-state index in [1.54, 1.807) is 30.3 Å². The van der Waals surface area contributed by atoms with Crippen LogP contribution in [0, 0.1) is 0 Å². The molecule has 1 aliphatic rings. The van der Waals surface area contributed by atoms with Gasteiger partial charge in [-0.05, 0) is 72.8 Å². The van der Waals surface area contributed by atoms with E-state index >= 15 is 0 Å². The zero-order valence-corrected chi connectivity index (χ0v) is 17.6. The molecule has 1 aliphatic heterocycles. The van der Waals surface area contributed by atoms with Gasteiger partial charge in [-0.2, -0.15) is 0 Å². The molecule has 6 heteroatoms. The molecule has 1 aromatic heterocycles. The Hall–Kier alpha value is -2.96. The minimum Gasteiger partial charge on any atom is -0.348 e. The van der Waals surface area contributed by atoms with Gasteiger partial charge in [-0.15, -0.1) is 11.3 Å². The van der Waals surface area contributed by atoms with Crippen LogP contribution >= 0.6 is 11.3 Å². The normalized spacial score (nSPS) is 13.9. The average molecular weight is 420 g/mol. The van der Waals surface area contributed by atoms with Gasteiger partial charge in [0.05, 0.1) is 4.88 Å². The van der Waals surface area contributed by atoms with Gasteiger partial charge in [-0.1, -0.05) is 30.3 Å². The van der Waals surface area contributed by atoms with Gasteiger partial charge in [-0.3, -0.25) is 14.5 Å². The lowest BCUT2D eigenvalue weighted by Crippen LogP contribution is -2.25. The van der Waals surface area contributed by atoms with Crippen molar-refractivity contribution in [3.8, 4) is 0 Å². The van der Waals surface area contributed by atoms with Crippen molar-refractivity contribution in [2.45, 2.75) is 25.9 Å². The number of carbonyl (C=O) groups excluding carboxylic acids is 2.